The number of fused-ring (bicyclic) bond motifs is 1. The van der Waals surface area contributed by atoms with Crippen LogP contribution in [0.15, 0.2) is 57.9 Å². The molecule has 2 aliphatic heterocycles. The molecule has 2 aliphatic rings. The molecule has 1 fully saturated rings. The molecule has 6 heteroatoms. The molecule has 1 unspecified atom stereocenters. The fraction of sp³-hybridized carbons (Fsp3) is 0.364. The molecule has 1 atom stereocenters. The van der Waals surface area contributed by atoms with Gasteiger partial charge in [-0.15, -0.1) is 11.8 Å². The van der Waals surface area contributed by atoms with Gasteiger partial charge >= 0.3 is 0 Å². The van der Waals surface area contributed by atoms with Gasteiger partial charge in [0.15, 0.2) is 0 Å². The Morgan fingerprint density at radius 2 is 1.71 bits per heavy atom. The Bertz CT molecular complexity index is 863. The first-order chi connectivity index (χ1) is 13.6. The van der Waals surface area contributed by atoms with Crippen molar-refractivity contribution in [3.8, 4) is 0 Å². The molecule has 2 heterocycles. The molecule has 1 N–H and O–H groups in total. The molecule has 4 nitrogen and oxygen atoms in total. The molecular formula is C22H23BrN2O2S. The number of rotatable bonds is 3. The van der Waals surface area contributed by atoms with Crippen molar-refractivity contribution in [2.24, 2.45) is 5.92 Å². The number of likely N-dealkylation sites (tertiary alicyclic amines) is 1. The van der Waals surface area contributed by atoms with E-state index in [4.69, 9.17) is 0 Å². The van der Waals surface area contributed by atoms with Crippen molar-refractivity contribution in [2.75, 3.05) is 18.8 Å². The summed E-state index contributed by atoms with van der Waals surface area (Å²) in [6, 6.07) is 15.9. The highest BCUT2D eigenvalue weighted by molar-refractivity contribution is 9.10. The second-order valence-electron chi connectivity index (χ2n) is 7.31. The van der Waals surface area contributed by atoms with E-state index in [1.165, 1.54) is 10.5 Å². The van der Waals surface area contributed by atoms with Crippen molar-refractivity contribution in [1.82, 2.24) is 10.2 Å². The zero-order chi connectivity index (χ0) is 19.5. The van der Waals surface area contributed by atoms with Crippen LogP contribution in [-0.2, 0) is 4.79 Å². The minimum atomic E-state index is -0.0179. The van der Waals surface area contributed by atoms with Gasteiger partial charge in [-0.2, -0.15) is 0 Å². The molecule has 2 amide bonds. The number of thioether (sulfide) groups is 1. The summed E-state index contributed by atoms with van der Waals surface area (Å²) in [5.74, 6) is 1.19. The van der Waals surface area contributed by atoms with Gasteiger partial charge < -0.3 is 10.2 Å². The highest BCUT2D eigenvalue weighted by Gasteiger charge is 2.30. The molecular weight excluding hydrogens is 436 g/mol. The summed E-state index contributed by atoms with van der Waals surface area (Å²) >= 11 is 5.25. The lowest BCUT2D eigenvalue weighted by Gasteiger charge is -2.33. The highest BCUT2D eigenvalue weighted by Crippen LogP contribution is 2.36. The van der Waals surface area contributed by atoms with Crippen LogP contribution in [0.25, 0.3) is 0 Å². The third-order valence-electron chi connectivity index (χ3n) is 5.52. The van der Waals surface area contributed by atoms with Crippen LogP contribution in [0.3, 0.4) is 0 Å². The van der Waals surface area contributed by atoms with Crippen molar-refractivity contribution >= 4 is 39.5 Å². The predicted octanol–water partition coefficient (Wildman–Crippen LogP) is 4.65. The Balaban J connectivity index is 1.33. The highest BCUT2D eigenvalue weighted by atomic mass is 79.9. The van der Waals surface area contributed by atoms with Crippen molar-refractivity contribution in [1.29, 1.82) is 0 Å². The molecule has 0 aromatic heterocycles. The average Bonchev–Trinajstić information content (AvgIpc) is 2.74. The van der Waals surface area contributed by atoms with Gasteiger partial charge in [-0.1, -0.05) is 34.1 Å². The van der Waals surface area contributed by atoms with Crippen LogP contribution >= 0.6 is 27.7 Å². The lowest BCUT2D eigenvalue weighted by Crippen LogP contribution is -2.44. The predicted molar refractivity (Wildman–Crippen MR) is 115 cm³/mol. The number of nitrogens with zero attached hydrogens (tertiary/aromatic N) is 1. The van der Waals surface area contributed by atoms with Gasteiger partial charge in [0.2, 0.25) is 5.91 Å². The number of carbonyl (C=O) groups excluding carboxylic acids is 2. The molecule has 28 heavy (non-hydrogen) atoms. The van der Waals surface area contributed by atoms with Gasteiger partial charge in [-0.25, -0.2) is 0 Å². The first kappa shape index (κ1) is 19.5. The fourth-order valence-corrected chi connectivity index (χ4v) is 5.29. The first-order valence-corrected chi connectivity index (χ1v) is 11.5. The number of benzene rings is 2. The first-order valence-electron chi connectivity index (χ1n) is 9.69. The Hall–Kier alpha value is -1.79. The summed E-state index contributed by atoms with van der Waals surface area (Å²) in [5, 5.41) is 3.27. The van der Waals surface area contributed by atoms with E-state index in [0.717, 1.165) is 29.5 Å². The van der Waals surface area contributed by atoms with Crippen LogP contribution in [0, 0.1) is 5.92 Å². The topological polar surface area (TPSA) is 49.4 Å². The number of halogens is 1. The summed E-state index contributed by atoms with van der Waals surface area (Å²) in [7, 11) is 0. The normalized spacial score (nSPS) is 19.8. The van der Waals surface area contributed by atoms with E-state index >= 15 is 0 Å². The summed E-state index contributed by atoms with van der Waals surface area (Å²) in [5.41, 5.74) is 1.93. The third-order valence-corrected chi connectivity index (χ3v) is 7.17. The lowest BCUT2D eigenvalue weighted by atomic mass is 9.94. The largest absolute Gasteiger partial charge is 0.349 e. The minimum Gasteiger partial charge on any atom is -0.349 e. The molecule has 146 valence electrons. The van der Waals surface area contributed by atoms with Crippen LogP contribution < -0.4 is 5.32 Å². The fourth-order valence-electron chi connectivity index (χ4n) is 3.90. The van der Waals surface area contributed by atoms with E-state index in [1.54, 1.807) is 0 Å². The molecule has 4 rings (SSSR count). The molecule has 0 aliphatic carbocycles. The number of hydrogen-bond donors (Lipinski definition) is 1. The van der Waals surface area contributed by atoms with Crippen LogP contribution in [0.4, 0.5) is 0 Å². The van der Waals surface area contributed by atoms with Gasteiger partial charge in [0, 0.05) is 39.7 Å². The number of piperidine rings is 1. The van der Waals surface area contributed by atoms with Crippen LogP contribution in [0.2, 0.25) is 0 Å². The maximum absolute atomic E-state index is 12.8. The average molecular weight is 459 g/mol. The van der Waals surface area contributed by atoms with Crippen LogP contribution in [-0.4, -0.2) is 35.6 Å². The zero-order valence-corrected chi connectivity index (χ0v) is 18.0. The van der Waals surface area contributed by atoms with Gasteiger partial charge in [-0.05, 0) is 55.2 Å². The smallest absolute Gasteiger partial charge is 0.253 e. The molecule has 0 radical (unpaired) electrons. The summed E-state index contributed by atoms with van der Waals surface area (Å²) in [6.07, 6.45) is 2.41. The molecule has 0 bridgehead atoms. The third kappa shape index (κ3) is 4.28. The summed E-state index contributed by atoms with van der Waals surface area (Å²) in [4.78, 5) is 28.6. The quantitative estimate of drug-likeness (QED) is 0.727. The zero-order valence-electron chi connectivity index (χ0n) is 15.6. The summed E-state index contributed by atoms with van der Waals surface area (Å²) in [6.45, 7) is 1.26. The van der Waals surface area contributed by atoms with Gasteiger partial charge in [0.1, 0.15) is 0 Å². The molecule has 2 aromatic carbocycles. The molecule has 0 saturated carbocycles. The van der Waals surface area contributed by atoms with Gasteiger partial charge in [0.25, 0.3) is 5.91 Å². The van der Waals surface area contributed by atoms with Crippen LogP contribution in [0.5, 0.6) is 0 Å². The van der Waals surface area contributed by atoms with E-state index in [2.05, 4.69) is 33.4 Å². The SMILES string of the molecule is O=C(NC1CCSc2ccccc21)C1CCN(C(=O)c2ccc(Br)cc2)CC1. The lowest BCUT2D eigenvalue weighted by molar-refractivity contribution is -0.127. The standard InChI is InChI=1S/C22H23BrN2O2S/c23-17-7-5-16(6-8-17)22(27)25-12-9-15(10-13-25)21(26)24-19-11-14-28-20-4-2-1-3-18(19)20/h1-8,15,19H,9-14H2,(H,24,26). The van der Waals surface area contributed by atoms with Crippen molar-refractivity contribution in [2.45, 2.75) is 30.2 Å². The maximum atomic E-state index is 12.8. The second kappa shape index (κ2) is 8.70. The Morgan fingerprint density at radius 1 is 1.00 bits per heavy atom. The number of nitrogens with one attached hydrogen (secondary N) is 1. The number of amides is 2. The molecule has 0 spiro atoms. The Kier molecular flexibility index (Phi) is 6.07. The summed E-state index contributed by atoms with van der Waals surface area (Å²) < 4.78 is 0.960. The van der Waals surface area contributed by atoms with E-state index in [9.17, 15) is 9.59 Å². The Morgan fingerprint density at radius 3 is 2.46 bits per heavy atom. The second-order valence-corrected chi connectivity index (χ2v) is 9.36. The number of carbonyl (C=O) groups is 2. The van der Waals surface area contributed by atoms with E-state index in [0.29, 0.717) is 18.7 Å². The molecule has 1 saturated heterocycles. The van der Waals surface area contributed by atoms with E-state index in [-0.39, 0.29) is 23.8 Å². The minimum absolute atomic E-state index is 0.0179. The van der Waals surface area contributed by atoms with Crippen LogP contribution in [0.1, 0.15) is 41.2 Å². The van der Waals surface area contributed by atoms with Gasteiger partial charge in [0.05, 0.1) is 6.04 Å². The van der Waals surface area contributed by atoms with E-state index in [1.807, 2.05) is 53.1 Å². The van der Waals surface area contributed by atoms with Gasteiger partial charge in [-0.3, -0.25) is 9.59 Å². The van der Waals surface area contributed by atoms with E-state index < -0.39 is 0 Å². The Labute approximate surface area is 178 Å². The maximum Gasteiger partial charge on any atom is 0.253 e. The van der Waals surface area contributed by atoms with Crippen molar-refractivity contribution in [3.63, 3.8) is 0 Å². The van der Waals surface area contributed by atoms with Crippen molar-refractivity contribution in [3.05, 3.63) is 64.1 Å². The number of hydrogen-bond acceptors (Lipinski definition) is 3. The molecule has 2 aromatic rings. The monoisotopic (exact) mass is 458 g/mol. The van der Waals surface area contributed by atoms with Crippen molar-refractivity contribution < 1.29 is 9.59 Å².